The summed E-state index contributed by atoms with van der Waals surface area (Å²) in [6.07, 6.45) is 5.12. The average molecular weight is 642 g/mol. The lowest BCUT2D eigenvalue weighted by molar-refractivity contribution is -0.134. The van der Waals surface area contributed by atoms with E-state index < -0.39 is 5.66 Å². The van der Waals surface area contributed by atoms with E-state index in [2.05, 4.69) is 52.0 Å². The predicted molar refractivity (Wildman–Crippen MR) is 180 cm³/mol. The second-order valence-electron chi connectivity index (χ2n) is 14.5. The molecule has 1 atom stereocenters. The summed E-state index contributed by atoms with van der Waals surface area (Å²) in [5.74, 6) is 5.45. The molecule has 2 aromatic rings. The van der Waals surface area contributed by atoms with Crippen LogP contribution < -0.4 is 16.9 Å². The number of carbonyl (C=O) groups excluding carboxylic acids is 2. The molecular formula is C34H46Cl2N6O2. The van der Waals surface area contributed by atoms with Gasteiger partial charge in [0.1, 0.15) is 17.2 Å². The van der Waals surface area contributed by atoms with Gasteiger partial charge in [-0.3, -0.25) is 14.6 Å². The Morgan fingerprint density at radius 3 is 2.18 bits per heavy atom. The number of rotatable bonds is 8. The van der Waals surface area contributed by atoms with Crippen LogP contribution in [0.5, 0.6) is 0 Å². The Bertz CT molecular complexity index is 1410. The first-order valence-corrected chi connectivity index (χ1v) is 16.1. The van der Waals surface area contributed by atoms with Crippen molar-refractivity contribution in [2.45, 2.75) is 91.8 Å². The van der Waals surface area contributed by atoms with Crippen LogP contribution in [0.3, 0.4) is 0 Å². The summed E-state index contributed by atoms with van der Waals surface area (Å²) >= 11 is 12.8. The highest BCUT2D eigenvalue weighted by atomic mass is 35.5. The van der Waals surface area contributed by atoms with Crippen LogP contribution in [0.1, 0.15) is 108 Å². The maximum absolute atomic E-state index is 14.6. The minimum Gasteiger partial charge on any atom is -0.384 e. The van der Waals surface area contributed by atoms with Crippen LogP contribution in [0.4, 0.5) is 0 Å². The van der Waals surface area contributed by atoms with Crippen LogP contribution in [0.15, 0.2) is 52.6 Å². The second kappa shape index (κ2) is 13.1. The highest BCUT2D eigenvalue weighted by molar-refractivity contribution is 6.47. The van der Waals surface area contributed by atoms with Gasteiger partial charge in [-0.15, -0.1) is 0 Å². The normalized spacial score (nSPS) is 21.9. The summed E-state index contributed by atoms with van der Waals surface area (Å²) in [7, 11) is 0. The molecule has 238 valence electrons. The van der Waals surface area contributed by atoms with Crippen molar-refractivity contribution in [2.75, 3.05) is 6.54 Å². The predicted octanol–water partition coefficient (Wildman–Crippen LogP) is 7.09. The van der Waals surface area contributed by atoms with E-state index in [4.69, 9.17) is 39.8 Å². The molecule has 2 aromatic carbocycles. The minimum absolute atomic E-state index is 0.0482. The maximum Gasteiger partial charge on any atom is 0.275 e. The first-order valence-electron chi connectivity index (χ1n) is 15.3. The standard InChI is InChI=1S/C34H46Cl2N6O2/c1-32(2,3)14-13-27(21-7-9-22(10-8-21)30(43)39-20-28(37)41-38)42-31(44)29(23-17-25(35)19-26(36)18-23)40-34(42)15-11-24(12-16-34)33(4,5)6/h7-10,17-19,24,27H,11-16,20,38H2,1-6H3,(H2,37,41)(H,39,43). The van der Waals surface area contributed by atoms with E-state index in [0.717, 1.165) is 44.1 Å². The number of nitrogens with one attached hydrogen (secondary N) is 1. The molecule has 1 fully saturated rings. The van der Waals surface area contributed by atoms with Crippen LogP contribution in [-0.2, 0) is 4.79 Å². The van der Waals surface area contributed by atoms with Crippen molar-refractivity contribution >= 4 is 46.6 Å². The second-order valence-corrected chi connectivity index (χ2v) is 15.3. The van der Waals surface area contributed by atoms with Gasteiger partial charge >= 0.3 is 0 Å². The fourth-order valence-corrected chi connectivity index (χ4v) is 6.94. The number of benzene rings is 2. The van der Waals surface area contributed by atoms with Crippen molar-refractivity contribution in [3.05, 3.63) is 69.2 Å². The Morgan fingerprint density at radius 2 is 1.66 bits per heavy atom. The molecule has 8 nitrogen and oxygen atoms in total. The van der Waals surface area contributed by atoms with Gasteiger partial charge in [0.05, 0.1) is 12.6 Å². The van der Waals surface area contributed by atoms with Crippen LogP contribution in [-0.4, -0.2) is 40.5 Å². The molecule has 0 bridgehead atoms. The van der Waals surface area contributed by atoms with Crippen molar-refractivity contribution in [3.63, 3.8) is 0 Å². The van der Waals surface area contributed by atoms with E-state index in [0.29, 0.717) is 32.8 Å². The Hall–Kier alpha value is -3.10. The van der Waals surface area contributed by atoms with Crippen molar-refractivity contribution < 1.29 is 9.59 Å². The molecule has 10 heteroatoms. The summed E-state index contributed by atoms with van der Waals surface area (Å²) in [6.45, 7) is 13.5. The van der Waals surface area contributed by atoms with Gasteiger partial charge in [0.15, 0.2) is 0 Å². The largest absolute Gasteiger partial charge is 0.384 e. The van der Waals surface area contributed by atoms with Gasteiger partial charge in [-0.2, -0.15) is 5.10 Å². The summed E-state index contributed by atoms with van der Waals surface area (Å²) < 4.78 is 0. The van der Waals surface area contributed by atoms with E-state index in [1.54, 1.807) is 30.3 Å². The molecule has 1 unspecified atom stereocenters. The van der Waals surface area contributed by atoms with E-state index in [1.807, 2.05) is 17.0 Å². The van der Waals surface area contributed by atoms with Crippen molar-refractivity contribution in [1.82, 2.24) is 10.2 Å². The maximum atomic E-state index is 14.6. The quantitative estimate of drug-likeness (QED) is 0.123. The highest BCUT2D eigenvalue weighted by Gasteiger charge is 2.52. The molecule has 0 radical (unpaired) electrons. The van der Waals surface area contributed by atoms with Gasteiger partial charge in [0, 0.05) is 21.2 Å². The van der Waals surface area contributed by atoms with E-state index in [9.17, 15) is 9.59 Å². The number of halogens is 2. The molecule has 0 saturated heterocycles. The van der Waals surface area contributed by atoms with Crippen LogP contribution in [0, 0.1) is 16.7 Å². The summed E-state index contributed by atoms with van der Waals surface area (Å²) in [5.41, 5.74) is 7.64. The highest BCUT2D eigenvalue weighted by Crippen LogP contribution is 2.50. The lowest BCUT2D eigenvalue weighted by atomic mass is 9.69. The number of hydrazone groups is 1. The lowest BCUT2D eigenvalue weighted by Gasteiger charge is -2.47. The molecule has 4 rings (SSSR count). The Balaban J connectivity index is 1.76. The summed E-state index contributed by atoms with van der Waals surface area (Å²) in [5, 5.41) is 7.04. The van der Waals surface area contributed by atoms with E-state index in [-0.39, 0.29) is 41.1 Å². The van der Waals surface area contributed by atoms with Gasteiger partial charge in [0.25, 0.3) is 11.8 Å². The molecule has 1 aliphatic carbocycles. The van der Waals surface area contributed by atoms with Gasteiger partial charge in [0.2, 0.25) is 0 Å². The fraction of sp³-hybridized carbons (Fsp3) is 0.529. The number of amidine groups is 1. The zero-order valence-electron chi connectivity index (χ0n) is 26.7. The Kier molecular flexibility index (Phi) is 10.1. The third-order valence-electron chi connectivity index (χ3n) is 8.97. The lowest BCUT2D eigenvalue weighted by Crippen LogP contribution is -2.51. The van der Waals surface area contributed by atoms with Gasteiger partial charge in [-0.25, -0.2) is 0 Å². The third kappa shape index (κ3) is 7.75. The zero-order valence-corrected chi connectivity index (χ0v) is 28.2. The fourth-order valence-electron chi connectivity index (χ4n) is 6.41. The van der Waals surface area contributed by atoms with Gasteiger partial charge < -0.3 is 21.8 Å². The molecule has 1 saturated carbocycles. The summed E-state index contributed by atoms with van der Waals surface area (Å²) in [6, 6.07) is 12.4. The number of carbonyl (C=O) groups is 2. The van der Waals surface area contributed by atoms with Crippen molar-refractivity contribution in [2.24, 2.45) is 38.4 Å². The summed E-state index contributed by atoms with van der Waals surface area (Å²) in [4.78, 5) is 34.6. The Labute approximate surface area is 271 Å². The smallest absolute Gasteiger partial charge is 0.275 e. The third-order valence-corrected chi connectivity index (χ3v) is 9.41. The molecule has 2 amide bonds. The average Bonchev–Trinajstić information content (AvgIpc) is 3.21. The number of hydrogen-bond donors (Lipinski definition) is 3. The van der Waals surface area contributed by atoms with Gasteiger partial charge in [-0.1, -0.05) is 76.9 Å². The van der Waals surface area contributed by atoms with E-state index >= 15 is 0 Å². The monoisotopic (exact) mass is 640 g/mol. The SMILES string of the molecule is CC(C)(C)CCC(c1ccc(C(=O)NCC(N)=NN)cc1)N1C(=O)C(c2cc(Cl)cc(Cl)c2)=NC12CCC(C(C)(C)C)CC2. The number of aliphatic imine (C=N–C) groups is 1. The zero-order chi connectivity index (χ0) is 32.4. The first kappa shape index (κ1) is 33.8. The molecule has 44 heavy (non-hydrogen) atoms. The topological polar surface area (TPSA) is 126 Å². The molecule has 2 aliphatic rings. The molecule has 1 spiro atoms. The molecule has 5 N–H and O–H groups in total. The van der Waals surface area contributed by atoms with Crippen LogP contribution in [0.2, 0.25) is 10.0 Å². The number of nitrogens with two attached hydrogens (primary N) is 2. The van der Waals surface area contributed by atoms with E-state index in [1.165, 1.54) is 0 Å². The van der Waals surface area contributed by atoms with Crippen LogP contribution >= 0.6 is 23.2 Å². The molecular weight excluding hydrogens is 595 g/mol. The minimum atomic E-state index is -0.680. The number of amides is 2. The number of nitrogens with zero attached hydrogens (tertiary/aromatic N) is 3. The number of hydrogen-bond acceptors (Lipinski definition) is 5. The Morgan fingerprint density at radius 1 is 1.07 bits per heavy atom. The molecule has 1 heterocycles. The van der Waals surface area contributed by atoms with Crippen LogP contribution in [0.25, 0.3) is 0 Å². The first-order chi connectivity index (χ1) is 20.5. The van der Waals surface area contributed by atoms with Crippen molar-refractivity contribution in [1.29, 1.82) is 0 Å². The molecule has 0 aromatic heterocycles. The van der Waals surface area contributed by atoms with Crippen molar-refractivity contribution in [3.8, 4) is 0 Å². The molecule has 1 aliphatic heterocycles. The van der Waals surface area contributed by atoms with Gasteiger partial charge in [-0.05, 0) is 91.2 Å².